The van der Waals surface area contributed by atoms with Gasteiger partial charge in [-0.15, -0.1) is 6.58 Å². The molecule has 0 bridgehead atoms. The summed E-state index contributed by atoms with van der Waals surface area (Å²) in [6.07, 6.45) is 1.98. The van der Waals surface area contributed by atoms with E-state index in [0.717, 1.165) is 0 Å². The molecule has 0 aliphatic heterocycles. The van der Waals surface area contributed by atoms with Gasteiger partial charge in [0.25, 0.3) is 0 Å². The van der Waals surface area contributed by atoms with Gasteiger partial charge in [0.2, 0.25) is 5.91 Å². The van der Waals surface area contributed by atoms with Gasteiger partial charge in [-0.2, -0.15) is 0 Å². The lowest BCUT2D eigenvalue weighted by Crippen LogP contribution is -2.35. The molecule has 1 atom stereocenters. The van der Waals surface area contributed by atoms with Gasteiger partial charge in [0.1, 0.15) is 0 Å². The standard InChI is InChI=1S/C14H17BrN2O3/c1-3-5-11(16)13(18)17-12-7-6-9(8-10(12)15)14(19)20-4-2/h3,6-8,11H,1,4-5,16H2,2H3,(H,17,18). The van der Waals surface area contributed by atoms with Crippen molar-refractivity contribution in [3.8, 4) is 0 Å². The summed E-state index contributed by atoms with van der Waals surface area (Å²) in [5, 5.41) is 2.68. The minimum absolute atomic E-state index is 0.311. The van der Waals surface area contributed by atoms with Gasteiger partial charge in [0.05, 0.1) is 23.9 Å². The third kappa shape index (κ3) is 4.47. The Morgan fingerprint density at radius 3 is 2.80 bits per heavy atom. The van der Waals surface area contributed by atoms with Crippen LogP contribution in [0.15, 0.2) is 35.3 Å². The highest BCUT2D eigenvalue weighted by atomic mass is 79.9. The molecule has 0 saturated carbocycles. The van der Waals surface area contributed by atoms with Crippen LogP contribution in [0, 0.1) is 0 Å². The van der Waals surface area contributed by atoms with Crippen LogP contribution in [-0.2, 0) is 9.53 Å². The zero-order valence-corrected chi connectivity index (χ0v) is 12.8. The number of amides is 1. The number of anilines is 1. The first-order chi connectivity index (χ1) is 9.49. The van der Waals surface area contributed by atoms with Crippen molar-refractivity contribution in [3.63, 3.8) is 0 Å². The van der Waals surface area contributed by atoms with Crippen LogP contribution < -0.4 is 11.1 Å². The first-order valence-corrected chi connectivity index (χ1v) is 6.92. The molecular weight excluding hydrogens is 324 g/mol. The molecule has 0 fully saturated rings. The SMILES string of the molecule is C=CCC(N)C(=O)Nc1ccc(C(=O)OCC)cc1Br. The van der Waals surface area contributed by atoms with Crippen LogP contribution in [-0.4, -0.2) is 24.5 Å². The summed E-state index contributed by atoms with van der Waals surface area (Å²) >= 11 is 3.30. The maximum Gasteiger partial charge on any atom is 0.338 e. The number of halogens is 1. The van der Waals surface area contributed by atoms with Crippen molar-refractivity contribution >= 4 is 33.5 Å². The van der Waals surface area contributed by atoms with E-state index in [1.807, 2.05) is 0 Å². The van der Waals surface area contributed by atoms with Crippen LogP contribution in [0.1, 0.15) is 23.7 Å². The minimum atomic E-state index is -0.649. The molecule has 1 rings (SSSR count). The van der Waals surface area contributed by atoms with E-state index in [9.17, 15) is 9.59 Å². The number of nitrogens with one attached hydrogen (secondary N) is 1. The quantitative estimate of drug-likeness (QED) is 0.615. The van der Waals surface area contributed by atoms with Gasteiger partial charge in [0.15, 0.2) is 0 Å². The minimum Gasteiger partial charge on any atom is -0.462 e. The number of carbonyl (C=O) groups excluding carboxylic acids is 2. The summed E-state index contributed by atoms with van der Waals surface area (Å²) in [7, 11) is 0. The molecule has 20 heavy (non-hydrogen) atoms. The molecule has 108 valence electrons. The maximum atomic E-state index is 11.8. The van der Waals surface area contributed by atoms with Crippen LogP contribution in [0.5, 0.6) is 0 Å². The average Bonchev–Trinajstić information content (AvgIpc) is 2.41. The summed E-state index contributed by atoms with van der Waals surface area (Å²) in [5.41, 5.74) is 6.62. The molecule has 0 aromatic heterocycles. The molecular formula is C14H17BrN2O3. The Hall–Kier alpha value is -1.66. The molecule has 1 unspecified atom stereocenters. The van der Waals surface area contributed by atoms with Gasteiger partial charge in [-0.25, -0.2) is 4.79 Å². The smallest absolute Gasteiger partial charge is 0.338 e. The van der Waals surface area contributed by atoms with Crippen molar-refractivity contribution in [2.24, 2.45) is 5.73 Å². The Bertz CT molecular complexity index is 517. The first-order valence-electron chi connectivity index (χ1n) is 6.13. The van der Waals surface area contributed by atoms with E-state index < -0.39 is 12.0 Å². The molecule has 0 radical (unpaired) electrons. The molecule has 3 N–H and O–H groups in total. The number of hydrogen-bond acceptors (Lipinski definition) is 4. The fourth-order valence-electron chi connectivity index (χ4n) is 1.47. The van der Waals surface area contributed by atoms with Crippen LogP contribution in [0.25, 0.3) is 0 Å². The van der Waals surface area contributed by atoms with E-state index in [1.54, 1.807) is 31.2 Å². The third-order valence-electron chi connectivity index (χ3n) is 2.50. The highest BCUT2D eigenvalue weighted by Gasteiger charge is 2.14. The molecule has 0 spiro atoms. The van der Waals surface area contributed by atoms with E-state index >= 15 is 0 Å². The predicted molar refractivity (Wildman–Crippen MR) is 81.5 cm³/mol. The van der Waals surface area contributed by atoms with Crippen molar-refractivity contribution in [1.82, 2.24) is 0 Å². The Morgan fingerprint density at radius 1 is 1.55 bits per heavy atom. The zero-order valence-electron chi connectivity index (χ0n) is 11.2. The van der Waals surface area contributed by atoms with Crippen LogP contribution >= 0.6 is 15.9 Å². The lowest BCUT2D eigenvalue weighted by molar-refractivity contribution is -0.117. The number of ether oxygens (including phenoxy) is 1. The number of benzene rings is 1. The van der Waals surface area contributed by atoms with Crippen molar-refractivity contribution < 1.29 is 14.3 Å². The predicted octanol–water partition coefficient (Wildman–Crippen LogP) is 2.47. The summed E-state index contributed by atoms with van der Waals surface area (Å²) in [5.74, 6) is -0.719. The molecule has 6 heteroatoms. The first kappa shape index (κ1) is 16.4. The molecule has 1 aromatic carbocycles. The summed E-state index contributed by atoms with van der Waals surface area (Å²) in [4.78, 5) is 23.3. The van der Waals surface area contributed by atoms with Crippen molar-refractivity contribution in [2.45, 2.75) is 19.4 Å². The summed E-state index contributed by atoms with van der Waals surface area (Å²) in [6.45, 7) is 5.58. The second kappa shape index (κ2) is 7.81. The van der Waals surface area contributed by atoms with E-state index in [-0.39, 0.29) is 5.91 Å². The fraction of sp³-hybridized carbons (Fsp3) is 0.286. The highest BCUT2D eigenvalue weighted by molar-refractivity contribution is 9.10. The summed E-state index contributed by atoms with van der Waals surface area (Å²) in [6, 6.07) is 4.14. The lowest BCUT2D eigenvalue weighted by Gasteiger charge is -2.12. The number of rotatable bonds is 6. The van der Waals surface area contributed by atoms with E-state index in [1.165, 1.54) is 0 Å². The Balaban J connectivity index is 2.80. The van der Waals surface area contributed by atoms with Gasteiger partial charge in [-0.1, -0.05) is 6.08 Å². The van der Waals surface area contributed by atoms with Gasteiger partial charge in [0, 0.05) is 4.47 Å². The summed E-state index contributed by atoms with van der Waals surface area (Å²) < 4.78 is 5.48. The maximum absolute atomic E-state index is 11.8. The molecule has 1 amide bonds. The topological polar surface area (TPSA) is 81.4 Å². The Morgan fingerprint density at radius 2 is 2.25 bits per heavy atom. The average molecular weight is 341 g/mol. The van der Waals surface area contributed by atoms with Crippen LogP contribution in [0.4, 0.5) is 5.69 Å². The Labute approximate surface area is 126 Å². The third-order valence-corrected chi connectivity index (χ3v) is 3.15. The van der Waals surface area contributed by atoms with E-state index in [2.05, 4.69) is 27.8 Å². The second-order valence-electron chi connectivity index (χ2n) is 4.04. The highest BCUT2D eigenvalue weighted by Crippen LogP contribution is 2.24. The normalized spacial score (nSPS) is 11.6. The molecule has 0 aliphatic rings. The number of carbonyl (C=O) groups is 2. The van der Waals surface area contributed by atoms with Crippen LogP contribution in [0.3, 0.4) is 0 Å². The van der Waals surface area contributed by atoms with Gasteiger partial charge in [-0.3, -0.25) is 4.79 Å². The molecule has 0 saturated heterocycles. The van der Waals surface area contributed by atoms with Crippen molar-refractivity contribution in [3.05, 3.63) is 40.9 Å². The van der Waals surface area contributed by atoms with Crippen molar-refractivity contribution in [2.75, 3.05) is 11.9 Å². The monoisotopic (exact) mass is 340 g/mol. The largest absolute Gasteiger partial charge is 0.462 e. The number of esters is 1. The Kier molecular flexibility index (Phi) is 6.41. The zero-order chi connectivity index (χ0) is 15.1. The molecule has 1 aromatic rings. The molecule has 0 heterocycles. The lowest BCUT2D eigenvalue weighted by atomic mass is 10.2. The van der Waals surface area contributed by atoms with Gasteiger partial charge < -0.3 is 15.8 Å². The van der Waals surface area contributed by atoms with Crippen molar-refractivity contribution in [1.29, 1.82) is 0 Å². The van der Waals surface area contributed by atoms with Crippen LogP contribution in [0.2, 0.25) is 0 Å². The fourth-order valence-corrected chi connectivity index (χ4v) is 1.95. The number of nitrogens with two attached hydrogens (primary N) is 1. The van der Waals surface area contributed by atoms with Gasteiger partial charge in [-0.05, 0) is 47.5 Å². The molecule has 0 aliphatic carbocycles. The number of hydrogen-bond donors (Lipinski definition) is 2. The molecule has 5 nitrogen and oxygen atoms in total. The van der Waals surface area contributed by atoms with E-state index in [4.69, 9.17) is 10.5 Å². The van der Waals surface area contributed by atoms with Gasteiger partial charge >= 0.3 is 5.97 Å². The second-order valence-corrected chi connectivity index (χ2v) is 4.89. The van der Waals surface area contributed by atoms with E-state index in [0.29, 0.717) is 28.8 Å².